The van der Waals surface area contributed by atoms with E-state index in [4.69, 9.17) is 4.74 Å². The maximum absolute atomic E-state index is 5.35. The summed E-state index contributed by atoms with van der Waals surface area (Å²) >= 11 is 1.80. The normalized spacial score (nSPS) is 14.5. The van der Waals surface area contributed by atoms with Crippen molar-refractivity contribution in [3.8, 4) is 5.75 Å². The highest BCUT2D eigenvalue weighted by Gasteiger charge is 2.23. The third-order valence-electron chi connectivity index (χ3n) is 4.42. The fourth-order valence-corrected chi connectivity index (χ4v) is 4.13. The van der Waals surface area contributed by atoms with Crippen LogP contribution in [0, 0.1) is 0 Å². The first-order valence-electron chi connectivity index (χ1n) is 7.86. The molecule has 1 aliphatic rings. The van der Waals surface area contributed by atoms with Crippen LogP contribution >= 0.6 is 11.8 Å². The van der Waals surface area contributed by atoms with Crippen LogP contribution in [0.2, 0.25) is 0 Å². The summed E-state index contributed by atoms with van der Waals surface area (Å²) in [6.45, 7) is 0. The SMILES string of the molecule is COc1ccc2c(c1)N(C)/C(=C\c1cc[n+](C)c3ccccc13)S2.[I-]. The Balaban J connectivity index is 0.00000182. The molecule has 3 aromatic rings. The molecule has 25 heavy (non-hydrogen) atoms. The highest BCUT2D eigenvalue weighted by Crippen LogP contribution is 2.47. The third kappa shape index (κ3) is 3.22. The number of halogens is 1. The molecule has 0 atom stereocenters. The summed E-state index contributed by atoms with van der Waals surface area (Å²) in [4.78, 5) is 3.49. The highest BCUT2D eigenvalue weighted by atomic mass is 127. The van der Waals surface area contributed by atoms with E-state index in [1.54, 1.807) is 18.9 Å². The van der Waals surface area contributed by atoms with Crippen LogP contribution < -0.4 is 38.2 Å². The Labute approximate surface area is 169 Å². The quantitative estimate of drug-likeness (QED) is 0.421. The Morgan fingerprint density at radius 2 is 1.92 bits per heavy atom. The molecule has 0 bridgehead atoms. The van der Waals surface area contributed by atoms with Gasteiger partial charge in [0, 0.05) is 30.1 Å². The summed E-state index contributed by atoms with van der Waals surface area (Å²) in [6.07, 6.45) is 4.38. The molecule has 0 saturated carbocycles. The van der Waals surface area contributed by atoms with Gasteiger partial charge in [0.25, 0.3) is 0 Å². The molecule has 0 radical (unpaired) electrons. The van der Waals surface area contributed by atoms with Crippen LogP contribution in [0.25, 0.3) is 17.0 Å². The van der Waals surface area contributed by atoms with Gasteiger partial charge in [-0.1, -0.05) is 23.9 Å². The number of hydrogen-bond donors (Lipinski definition) is 0. The maximum atomic E-state index is 5.35. The summed E-state index contributed by atoms with van der Waals surface area (Å²) in [5.41, 5.74) is 3.66. The second-order valence-corrected chi connectivity index (χ2v) is 6.94. The number of rotatable bonds is 2. The number of methoxy groups -OCH3 is 1. The van der Waals surface area contributed by atoms with Gasteiger partial charge in [-0.2, -0.15) is 0 Å². The lowest BCUT2D eigenvalue weighted by molar-refractivity contribution is -0.644. The second kappa shape index (κ2) is 7.25. The zero-order valence-electron chi connectivity index (χ0n) is 14.4. The van der Waals surface area contributed by atoms with E-state index in [1.807, 2.05) is 6.07 Å². The maximum Gasteiger partial charge on any atom is 0.212 e. The average Bonchev–Trinajstić information content (AvgIpc) is 2.93. The van der Waals surface area contributed by atoms with E-state index in [-0.39, 0.29) is 24.0 Å². The number of anilines is 1. The molecule has 0 N–H and O–H groups in total. The first kappa shape index (κ1) is 18.1. The third-order valence-corrected chi connectivity index (χ3v) is 5.59. The Kier molecular flexibility index (Phi) is 5.24. The van der Waals surface area contributed by atoms with E-state index in [0.717, 1.165) is 5.75 Å². The Hall–Kier alpha value is -1.73. The van der Waals surface area contributed by atoms with Crippen molar-refractivity contribution in [3.63, 3.8) is 0 Å². The lowest BCUT2D eigenvalue weighted by Crippen LogP contribution is -3.00. The molecular formula is C20H19IN2OS. The topological polar surface area (TPSA) is 16.4 Å². The highest BCUT2D eigenvalue weighted by molar-refractivity contribution is 8.03. The van der Waals surface area contributed by atoms with E-state index in [0.29, 0.717) is 0 Å². The number of fused-ring (bicyclic) bond motifs is 2. The van der Waals surface area contributed by atoms with E-state index in [9.17, 15) is 0 Å². The minimum atomic E-state index is 0. The van der Waals surface area contributed by atoms with Crippen LogP contribution in [0.4, 0.5) is 5.69 Å². The zero-order chi connectivity index (χ0) is 16.7. The minimum absolute atomic E-state index is 0. The molecule has 3 nitrogen and oxygen atoms in total. The summed E-state index contributed by atoms with van der Waals surface area (Å²) in [5.74, 6) is 0.889. The Morgan fingerprint density at radius 1 is 1.12 bits per heavy atom. The van der Waals surface area contributed by atoms with Crippen molar-refractivity contribution >= 4 is 34.4 Å². The molecule has 2 heterocycles. The van der Waals surface area contributed by atoms with Crippen LogP contribution in [0.1, 0.15) is 5.56 Å². The van der Waals surface area contributed by atoms with Gasteiger partial charge in [0.05, 0.1) is 23.2 Å². The van der Waals surface area contributed by atoms with E-state index < -0.39 is 0 Å². The monoisotopic (exact) mass is 462 g/mol. The number of para-hydroxylation sites is 1. The molecule has 0 amide bonds. The van der Waals surface area contributed by atoms with Gasteiger partial charge in [-0.3, -0.25) is 0 Å². The van der Waals surface area contributed by atoms with E-state index in [1.165, 1.54) is 32.1 Å². The van der Waals surface area contributed by atoms with E-state index >= 15 is 0 Å². The molecule has 0 aliphatic carbocycles. The van der Waals surface area contributed by atoms with Crippen molar-refractivity contribution in [1.82, 2.24) is 0 Å². The number of pyridine rings is 1. The average molecular weight is 462 g/mol. The van der Waals surface area contributed by atoms with Gasteiger partial charge in [-0.25, -0.2) is 4.57 Å². The molecule has 0 saturated heterocycles. The molecule has 0 unspecified atom stereocenters. The van der Waals surface area contributed by atoms with Crippen molar-refractivity contribution < 1.29 is 33.3 Å². The first-order valence-corrected chi connectivity index (χ1v) is 8.68. The number of ether oxygens (including phenoxy) is 1. The fourth-order valence-electron chi connectivity index (χ4n) is 3.05. The van der Waals surface area contributed by atoms with Crippen LogP contribution in [-0.4, -0.2) is 14.2 Å². The molecule has 1 aromatic heterocycles. The number of benzene rings is 2. The number of aryl methyl sites for hydroxylation is 1. The Bertz CT molecular complexity index is 971. The summed E-state index contributed by atoms with van der Waals surface area (Å²) in [5, 5.41) is 2.48. The smallest absolute Gasteiger partial charge is 0.212 e. The molecule has 0 fully saturated rings. The summed E-state index contributed by atoms with van der Waals surface area (Å²) in [6, 6.07) is 16.9. The molecule has 128 valence electrons. The summed E-state index contributed by atoms with van der Waals surface area (Å²) < 4.78 is 7.51. The van der Waals surface area contributed by atoms with Gasteiger partial charge < -0.3 is 33.6 Å². The van der Waals surface area contributed by atoms with E-state index in [2.05, 4.69) is 78.3 Å². The van der Waals surface area contributed by atoms with Crippen molar-refractivity contribution in [2.45, 2.75) is 4.90 Å². The molecule has 4 rings (SSSR count). The predicted molar refractivity (Wildman–Crippen MR) is 100 cm³/mol. The zero-order valence-corrected chi connectivity index (χ0v) is 17.3. The van der Waals surface area contributed by atoms with Gasteiger partial charge in [-0.15, -0.1) is 0 Å². The van der Waals surface area contributed by atoms with Crippen molar-refractivity contribution in [3.05, 3.63) is 65.3 Å². The van der Waals surface area contributed by atoms with Crippen molar-refractivity contribution in [1.29, 1.82) is 0 Å². The lowest BCUT2D eigenvalue weighted by atomic mass is 10.1. The van der Waals surface area contributed by atoms with Crippen LogP contribution in [0.15, 0.2) is 64.7 Å². The van der Waals surface area contributed by atoms with Crippen LogP contribution in [0.5, 0.6) is 5.75 Å². The largest absolute Gasteiger partial charge is 1.00 e. The first-order chi connectivity index (χ1) is 11.7. The number of aromatic nitrogens is 1. The standard InChI is InChI=1S/C20H19N2OS.HI/c1-21-11-10-14(16-6-4-5-7-17(16)21)12-20-22(2)18-13-15(23-3)8-9-19(18)24-20;/h4-13H,1-3H3;1H/q+1;/p-1. The molecule has 2 aromatic carbocycles. The van der Waals surface area contributed by atoms with Gasteiger partial charge in [0.15, 0.2) is 6.20 Å². The molecule has 0 spiro atoms. The minimum Gasteiger partial charge on any atom is -1.00 e. The van der Waals surface area contributed by atoms with Gasteiger partial charge in [-0.05, 0) is 29.8 Å². The molecule has 5 heteroatoms. The number of thioether (sulfide) groups is 1. The number of hydrogen-bond acceptors (Lipinski definition) is 3. The summed E-state index contributed by atoms with van der Waals surface area (Å²) in [7, 11) is 5.89. The number of nitrogens with zero attached hydrogens (tertiary/aromatic N) is 2. The lowest BCUT2D eigenvalue weighted by Gasteiger charge is -2.14. The van der Waals surface area contributed by atoms with Crippen molar-refractivity contribution in [2.24, 2.45) is 7.05 Å². The van der Waals surface area contributed by atoms with Crippen LogP contribution in [0.3, 0.4) is 0 Å². The second-order valence-electron chi connectivity index (χ2n) is 5.88. The van der Waals surface area contributed by atoms with Crippen LogP contribution in [-0.2, 0) is 7.05 Å². The van der Waals surface area contributed by atoms with Gasteiger partial charge >= 0.3 is 0 Å². The van der Waals surface area contributed by atoms with Gasteiger partial charge in [0.2, 0.25) is 5.52 Å². The fraction of sp³-hybridized carbons (Fsp3) is 0.150. The van der Waals surface area contributed by atoms with Gasteiger partial charge in [0.1, 0.15) is 12.8 Å². The van der Waals surface area contributed by atoms with Crippen molar-refractivity contribution in [2.75, 3.05) is 19.1 Å². The predicted octanol–water partition coefficient (Wildman–Crippen LogP) is 1.22. The Morgan fingerprint density at radius 3 is 2.72 bits per heavy atom. The molecule has 1 aliphatic heterocycles. The molecular weight excluding hydrogens is 443 g/mol.